The molecule has 7 heteroatoms. The van der Waals surface area contributed by atoms with Crippen molar-refractivity contribution in [3.05, 3.63) is 23.2 Å². The predicted molar refractivity (Wildman–Crippen MR) is 67.7 cm³/mol. The zero-order valence-electron chi connectivity index (χ0n) is 10.5. The van der Waals surface area contributed by atoms with Gasteiger partial charge in [0.15, 0.2) is 0 Å². The highest BCUT2D eigenvalue weighted by atomic mass is 35.5. The highest BCUT2D eigenvalue weighted by Gasteiger charge is 2.35. The van der Waals surface area contributed by atoms with Gasteiger partial charge in [-0.3, -0.25) is 14.6 Å². The second-order valence-electron chi connectivity index (χ2n) is 4.20. The number of carbonyl (C=O) groups excluding carboxylic acids is 2. The Morgan fingerprint density at radius 3 is 2.79 bits per heavy atom. The van der Waals surface area contributed by atoms with Crippen molar-refractivity contribution in [2.24, 2.45) is 0 Å². The molecule has 0 saturated heterocycles. The molecule has 0 bridgehead atoms. The molecule has 1 saturated carbocycles. The number of aromatic nitrogens is 2. The lowest BCUT2D eigenvalue weighted by atomic mass is 10.3. The lowest BCUT2D eigenvalue weighted by molar-refractivity contribution is -0.144. The van der Waals surface area contributed by atoms with Crippen molar-refractivity contribution < 1.29 is 14.3 Å². The molecule has 0 spiro atoms. The van der Waals surface area contributed by atoms with Crippen LogP contribution in [0.4, 0.5) is 0 Å². The maximum Gasteiger partial charge on any atom is 0.325 e. The summed E-state index contributed by atoms with van der Waals surface area (Å²) in [6.07, 6.45) is 4.47. The molecule has 0 aliphatic heterocycles. The molecule has 0 N–H and O–H groups in total. The maximum atomic E-state index is 12.3. The van der Waals surface area contributed by atoms with E-state index < -0.39 is 5.97 Å². The van der Waals surface area contributed by atoms with Crippen LogP contribution in [0.25, 0.3) is 0 Å². The van der Waals surface area contributed by atoms with Gasteiger partial charge in [0.05, 0.1) is 19.0 Å². The van der Waals surface area contributed by atoms with Crippen LogP contribution in [0.5, 0.6) is 0 Å². The van der Waals surface area contributed by atoms with Crippen molar-refractivity contribution in [1.29, 1.82) is 0 Å². The van der Waals surface area contributed by atoms with Crippen molar-refractivity contribution in [2.45, 2.75) is 25.8 Å². The lowest BCUT2D eigenvalue weighted by Gasteiger charge is -2.20. The summed E-state index contributed by atoms with van der Waals surface area (Å²) in [4.78, 5) is 33.0. The van der Waals surface area contributed by atoms with Crippen LogP contribution in [0, 0.1) is 0 Å². The Hall–Kier alpha value is -1.69. The lowest BCUT2D eigenvalue weighted by Crippen LogP contribution is -2.38. The third-order valence-electron chi connectivity index (χ3n) is 2.68. The van der Waals surface area contributed by atoms with Gasteiger partial charge in [-0.25, -0.2) is 4.98 Å². The van der Waals surface area contributed by atoms with E-state index >= 15 is 0 Å². The molecule has 1 aliphatic rings. The Morgan fingerprint density at radius 2 is 2.21 bits per heavy atom. The number of carbonyl (C=O) groups is 2. The Morgan fingerprint density at radius 1 is 1.47 bits per heavy atom. The van der Waals surface area contributed by atoms with E-state index in [1.165, 1.54) is 17.3 Å². The number of rotatable bonds is 5. The number of hydrogen-bond acceptors (Lipinski definition) is 5. The van der Waals surface area contributed by atoms with Crippen molar-refractivity contribution in [3.63, 3.8) is 0 Å². The summed E-state index contributed by atoms with van der Waals surface area (Å²) >= 11 is 5.71. The first-order chi connectivity index (χ1) is 9.11. The number of esters is 1. The van der Waals surface area contributed by atoms with Gasteiger partial charge in [0, 0.05) is 6.04 Å². The van der Waals surface area contributed by atoms with Crippen LogP contribution in [0.3, 0.4) is 0 Å². The van der Waals surface area contributed by atoms with Crippen LogP contribution < -0.4 is 0 Å². The number of hydrogen-bond donors (Lipinski definition) is 0. The highest BCUT2D eigenvalue weighted by Crippen LogP contribution is 2.27. The Labute approximate surface area is 115 Å². The van der Waals surface area contributed by atoms with E-state index in [4.69, 9.17) is 16.3 Å². The predicted octanol–water partition coefficient (Wildman–Crippen LogP) is 1.30. The number of ether oxygens (including phenoxy) is 1. The average Bonchev–Trinajstić information content (AvgIpc) is 3.20. The quantitative estimate of drug-likeness (QED) is 0.762. The molecule has 1 amide bonds. The van der Waals surface area contributed by atoms with E-state index in [9.17, 15) is 9.59 Å². The fraction of sp³-hybridized carbons (Fsp3) is 0.500. The Bertz CT molecular complexity index is 491. The zero-order chi connectivity index (χ0) is 13.8. The second-order valence-corrected chi connectivity index (χ2v) is 4.58. The molecule has 1 fully saturated rings. The summed E-state index contributed by atoms with van der Waals surface area (Å²) in [5, 5.41) is 0.151. The molecule has 0 aromatic carbocycles. The number of amides is 1. The van der Waals surface area contributed by atoms with E-state index in [0.29, 0.717) is 6.61 Å². The van der Waals surface area contributed by atoms with Gasteiger partial charge in [-0.05, 0) is 19.8 Å². The van der Waals surface area contributed by atoms with Crippen LogP contribution >= 0.6 is 11.6 Å². The average molecular weight is 284 g/mol. The van der Waals surface area contributed by atoms with Crippen LogP contribution in [-0.4, -0.2) is 45.9 Å². The van der Waals surface area contributed by atoms with Gasteiger partial charge in [-0.1, -0.05) is 11.6 Å². The number of nitrogens with zero attached hydrogens (tertiary/aromatic N) is 3. The third kappa shape index (κ3) is 3.64. The zero-order valence-corrected chi connectivity index (χ0v) is 11.3. The molecule has 2 rings (SSSR count). The van der Waals surface area contributed by atoms with Gasteiger partial charge in [0.1, 0.15) is 17.4 Å². The van der Waals surface area contributed by atoms with Crippen LogP contribution in [0.2, 0.25) is 5.15 Å². The first-order valence-electron chi connectivity index (χ1n) is 6.06. The van der Waals surface area contributed by atoms with E-state index in [1.807, 2.05) is 0 Å². The molecule has 1 heterocycles. The SMILES string of the molecule is CCOC(=O)CN(C(=O)c1cncc(Cl)n1)C1CC1. The third-order valence-corrected chi connectivity index (χ3v) is 2.86. The molecule has 6 nitrogen and oxygen atoms in total. The minimum Gasteiger partial charge on any atom is -0.465 e. The summed E-state index contributed by atoms with van der Waals surface area (Å²) < 4.78 is 4.87. The minimum atomic E-state index is -0.419. The summed E-state index contributed by atoms with van der Waals surface area (Å²) in [6, 6.07) is 0.0812. The van der Waals surface area contributed by atoms with Crippen molar-refractivity contribution in [2.75, 3.05) is 13.2 Å². The van der Waals surface area contributed by atoms with Gasteiger partial charge in [-0.2, -0.15) is 0 Å². The summed E-state index contributed by atoms with van der Waals surface area (Å²) in [7, 11) is 0. The molecular weight excluding hydrogens is 270 g/mol. The first-order valence-corrected chi connectivity index (χ1v) is 6.43. The molecule has 0 atom stereocenters. The molecule has 1 aliphatic carbocycles. The second kappa shape index (κ2) is 5.97. The van der Waals surface area contributed by atoms with E-state index in [1.54, 1.807) is 6.92 Å². The minimum absolute atomic E-state index is 0.0640. The molecule has 1 aromatic heterocycles. The normalized spacial score (nSPS) is 14.0. The van der Waals surface area contributed by atoms with Crippen LogP contribution in [0.15, 0.2) is 12.4 Å². The largest absolute Gasteiger partial charge is 0.465 e. The van der Waals surface area contributed by atoms with E-state index in [-0.39, 0.29) is 29.3 Å². The maximum absolute atomic E-state index is 12.3. The van der Waals surface area contributed by atoms with E-state index in [0.717, 1.165) is 12.8 Å². The molecule has 1 aromatic rings. The van der Waals surface area contributed by atoms with Gasteiger partial charge in [0.2, 0.25) is 0 Å². The van der Waals surface area contributed by atoms with Crippen molar-refractivity contribution in [3.8, 4) is 0 Å². The monoisotopic (exact) mass is 283 g/mol. The topological polar surface area (TPSA) is 72.4 Å². The van der Waals surface area contributed by atoms with Crippen LogP contribution in [0.1, 0.15) is 30.3 Å². The standard InChI is InChI=1S/C12H14ClN3O3/c1-2-19-11(17)7-16(8-3-4-8)12(18)9-5-14-6-10(13)15-9/h5-6,8H,2-4,7H2,1H3. The summed E-state index contributed by atoms with van der Waals surface area (Å²) in [5.41, 5.74) is 0.142. The van der Waals surface area contributed by atoms with Crippen molar-refractivity contribution in [1.82, 2.24) is 14.9 Å². The molecular formula is C12H14ClN3O3. The van der Waals surface area contributed by atoms with Crippen molar-refractivity contribution >= 4 is 23.5 Å². The fourth-order valence-corrected chi connectivity index (χ4v) is 1.84. The van der Waals surface area contributed by atoms with Gasteiger partial charge < -0.3 is 9.64 Å². The highest BCUT2D eigenvalue weighted by molar-refractivity contribution is 6.29. The van der Waals surface area contributed by atoms with Gasteiger partial charge in [0.25, 0.3) is 5.91 Å². The van der Waals surface area contributed by atoms with Gasteiger partial charge in [-0.15, -0.1) is 0 Å². The first kappa shape index (κ1) is 13.7. The Balaban J connectivity index is 2.10. The fourth-order valence-electron chi connectivity index (χ4n) is 1.69. The molecule has 0 unspecified atom stereocenters. The number of halogens is 1. The van der Waals surface area contributed by atoms with Crippen LogP contribution in [-0.2, 0) is 9.53 Å². The smallest absolute Gasteiger partial charge is 0.325 e. The molecule has 102 valence electrons. The summed E-state index contributed by atoms with van der Waals surface area (Å²) in [6.45, 7) is 1.96. The van der Waals surface area contributed by atoms with Gasteiger partial charge >= 0.3 is 5.97 Å². The summed E-state index contributed by atoms with van der Waals surface area (Å²) in [5.74, 6) is -0.761. The molecule has 0 radical (unpaired) electrons. The molecule has 19 heavy (non-hydrogen) atoms. The Kier molecular flexibility index (Phi) is 4.31. The van der Waals surface area contributed by atoms with E-state index in [2.05, 4.69) is 9.97 Å².